The standard InChI is InChI=1S/C14H20N2O2/c1-10-4-3-5-12(6-10)16-14(17)18-13-7-11(8-13)9-15-2/h3-6,11,13,15H,7-9H2,1-2H3,(H,16,17). The minimum absolute atomic E-state index is 0.0770. The van der Waals surface area contributed by atoms with E-state index in [4.69, 9.17) is 4.74 Å². The Hall–Kier alpha value is -1.55. The number of nitrogens with one attached hydrogen (secondary N) is 2. The lowest BCUT2D eigenvalue weighted by atomic mass is 9.82. The topological polar surface area (TPSA) is 50.4 Å². The summed E-state index contributed by atoms with van der Waals surface area (Å²) in [7, 11) is 1.94. The molecule has 98 valence electrons. The molecule has 1 aromatic carbocycles. The number of carbonyl (C=O) groups is 1. The van der Waals surface area contributed by atoms with Crippen LogP contribution >= 0.6 is 0 Å². The van der Waals surface area contributed by atoms with Gasteiger partial charge in [0.25, 0.3) is 0 Å². The van der Waals surface area contributed by atoms with Crippen molar-refractivity contribution in [3.05, 3.63) is 29.8 Å². The number of hydrogen-bond donors (Lipinski definition) is 2. The molecule has 1 aromatic rings. The van der Waals surface area contributed by atoms with Crippen LogP contribution in [0.15, 0.2) is 24.3 Å². The molecule has 18 heavy (non-hydrogen) atoms. The molecule has 1 amide bonds. The van der Waals surface area contributed by atoms with Gasteiger partial charge in [-0.1, -0.05) is 12.1 Å². The summed E-state index contributed by atoms with van der Waals surface area (Å²) in [6.45, 7) is 2.99. The maximum atomic E-state index is 11.6. The van der Waals surface area contributed by atoms with Gasteiger partial charge in [0, 0.05) is 5.69 Å². The third kappa shape index (κ3) is 3.47. The Kier molecular flexibility index (Phi) is 4.20. The van der Waals surface area contributed by atoms with E-state index >= 15 is 0 Å². The van der Waals surface area contributed by atoms with Crippen LogP contribution in [0.3, 0.4) is 0 Å². The Morgan fingerprint density at radius 3 is 2.89 bits per heavy atom. The van der Waals surface area contributed by atoms with Crippen molar-refractivity contribution in [2.75, 3.05) is 18.9 Å². The fraction of sp³-hybridized carbons (Fsp3) is 0.500. The number of aryl methyl sites for hydroxylation is 1. The van der Waals surface area contributed by atoms with E-state index in [1.165, 1.54) is 0 Å². The van der Waals surface area contributed by atoms with Gasteiger partial charge < -0.3 is 10.1 Å². The van der Waals surface area contributed by atoms with Crippen LogP contribution in [0, 0.1) is 12.8 Å². The number of ether oxygens (including phenoxy) is 1. The fourth-order valence-corrected chi connectivity index (χ4v) is 2.25. The minimum atomic E-state index is -0.353. The van der Waals surface area contributed by atoms with Crippen molar-refractivity contribution in [3.8, 4) is 0 Å². The van der Waals surface area contributed by atoms with Gasteiger partial charge in [0.2, 0.25) is 0 Å². The summed E-state index contributed by atoms with van der Waals surface area (Å²) >= 11 is 0. The molecule has 0 aromatic heterocycles. The molecule has 2 N–H and O–H groups in total. The molecule has 0 heterocycles. The average Bonchev–Trinajstić information content (AvgIpc) is 2.26. The predicted molar refractivity (Wildman–Crippen MR) is 71.7 cm³/mol. The lowest BCUT2D eigenvalue weighted by Gasteiger charge is -2.34. The van der Waals surface area contributed by atoms with Gasteiger partial charge in [-0.2, -0.15) is 0 Å². The van der Waals surface area contributed by atoms with Crippen LogP contribution in [0.4, 0.5) is 10.5 Å². The third-order valence-corrected chi connectivity index (χ3v) is 3.22. The molecular formula is C14H20N2O2. The largest absolute Gasteiger partial charge is 0.446 e. The molecule has 1 aliphatic rings. The SMILES string of the molecule is CNCC1CC(OC(=O)Nc2cccc(C)c2)C1. The average molecular weight is 248 g/mol. The molecule has 2 rings (SSSR count). The number of rotatable bonds is 4. The maximum Gasteiger partial charge on any atom is 0.411 e. The van der Waals surface area contributed by atoms with E-state index in [0.717, 1.165) is 30.6 Å². The molecule has 0 radical (unpaired) electrons. The third-order valence-electron chi connectivity index (χ3n) is 3.22. The van der Waals surface area contributed by atoms with Crippen molar-refractivity contribution >= 4 is 11.8 Å². The summed E-state index contributed by atoms with van der Waals surface area (Å²) in [5, 5.41) is 5.89. The Morgan fingerprint density at radius 2 is 2.22 bits per heavy atom. The molecule has 1 saturated carbocycles. The van der Waals surface area contributed by atoms with E-state index in [2.05, 4.69) is 10.6 Å². The lowest BCUT2D eigenvalue weighted by Crippen LogP contribution is -2.38. The van der Waals surface area contributed by atoms with Crippen LogP contribution in [0.25, 0.3) is 0 Å². The Balaban J connectivity index is 1.73. The molecule has 1 aliphatic carbocycles. The molecule has 0 aliphatic heterocycles. The Labute approximate surface area is 108 Å². The fourth-order valence-electron chi connectivity index (χ4n) is 2.25. The van der Waals surface area contributed by atoms with Gasteiger partial charge in [0.15, 0.2) is 0 Å². The van der Waals surface area contributed by atoms with Gasteiger partial charge in [0.05, 0.1) is 0 Å². The van der Waals surface area contributed by atoms with E-state index in [0.29, 0.717) is 5.92 Å². The number of hydrogen-bond acceptors (Lipinski definition) is 3. The van der Waals surface area contributed by atoms with E-state index in [9.17, 15) is 4.79 Å². The second-order valence-corrected chi connectivity index (χ2v) is 4.92. The number of benzene rings is 1. The van der Waals surface area contributed by atoms with Crippen LogP contribution in [0.5, 0.6) is 0 Å². The zero-order chi connectivity index (χ0) is 13.0. The van der Waals surface area contributed by atoms with Crippen LogP contribution in [0.1, 0.15) is 18.4 Å². The molecule has 1 fully saturated rings. The highest BCUT2D eigenvalue weighted by Gasteiger charge is 2.31. The first kappa shape index (κ1) is 12.9. The molecule has 4 heteroatoms. The van der Waals surface area contributed by atoms with Gasteiger partial charge in [0.1, 0.15) is 6.10 Å². The van der Waals surface area contributed by atoms with Crippen molar-refractivity contribution in [1.29, 1.82) is 0 Å². The molecule has 0 saturated heterocycles. The predicted octanol–water partition coefficient (Wildman–Crippen LogP) is 2.54. The zero-order valence-electron chi connectivity index (χ0n) is 10.9. The first-order valence-electron chi connectivity index (χ1n) is 6.36. The highest BCUT2D eigenvalue weighted by atomic mass is 16.6. The van der Waals surface area contributed by atoms with Crippen LogP contribution < -0.4 is 10.6 Å². The maximum absolute atomic E-state index is 11.6. The highest BCUT2D eigenvalue weighted by molar-refractivity contribution is 5.84. The molecule has 4 nitrogen and oxygen atoms in total. The summed E-state index contributed by atoms with van der Waals surface area (Å²) in [6.07, 6.45) is 1.64. The molecule has 0 bridgehead atoms. The first-order valence-corrected chi connectivity index (χ1v) is 6.36. The summed E-state index contributed by atoms with van der Waals surface area (Å²) in [6, 6.07) is 7.69. The van der Waals surface area contributed by atoms with Gasteiger partial charge in [-0.3, -0.25) is 5.32 Å². The number of anilines is 1. The van der Waals surface area contributed by atoms with E-state index < -0.39 is 0 Å². The summed E-state index contributed by atoms with van der Waals surface area (Å²) in [4.78, 5) is 11.6. The lowest BCUT2D eigenvalue weighted by molar-refractivity contribution is 0.0257. The van der Waals surface area contributed by atoms with Crippen molar-refractivity contribution in [2.45, 2.75) is 25.9 Å². The quantitative estimate of drug-likeness (QED) is 0.861. The second-order valence-electron chi connectivity index (χ2n) is 4.92. The Morgan fingerprint density at radius 1 is 1.44 bits per heavy atom. The van der Waals surface area contributed by atoms with Crippen molar-refractivity contribution in [2.24, 2.45) is 5.92 Å². The van der Waals surface area contributed by atoms with E-state index in [1.54, 1.807) is 0 Å². The molecule has 0 spiro atoms. The smallest absolute Gasteiger partial charge is 0.411 e. The van der Waals surface area contributed by atoms with E-state index in [1.807, 2.05) is 38.2 Å². The summed E-state index contributed by atoms with van der Waals surface area (Å²) in [5.41, 5.74) is 1.90. The first-order chi connectivity index (χ1) is 8.67. The summed E-state index contributed by atoms with van der Waals surface area (Å²) in [5.74, 6) is 0.645. The highest BCUT2D eigenvalue weighted by Crippen LogP contribution is 2.29. The molecule has 0 atom stereocenters. The molecular weight excluding hydrogens is 228 g/mol. The second kappa shape index (κ2) is 5.87. The van der Waals surface area contributed by atoms with Crippen LogP contribution in [-0.2, 0) is 4.74 Å². The van der Waals surface area contributed by atoms with Crippen molar-refractivity contribution in [1.82, 2.24) is 5.32 Å². The normalized spacial score (nSPS) is 22.1. The van der Waals surface area contributed by atoms with Gasteiger partial charge in [-0.05, 0) is 57.0 Å². The van der Waals surface area contributed by atoms with Crippen LogP contribution in [0.2, 0.25) is 0 Å². The van der Waals surface area contributed by atoms with Gasteiger partial charge >= 0.3 is 6.09 Å². The molecule has 0 unspecified atom stereocenters. The van der Waals surface area contributed by atoms with Gasteiger partial charge in [-0.25, -0.2) is 4.79 Å². The number of amides is 1. The monoisotopic (exact) mass is 248 g/mol. The zero-order valence-corrected chi connectivity index (χ0v) is 10.9. The minimum Gasteiger partial charge on any atom is -0.446 e. The van der Waals surface area contributed by atoms with Crippen LogP contribution in [-0.4, -0.2) is 25.8 Å². The van der Waals surface area contributed by atoms with Crippen molar-refractivity contribution < 1.29 is 9.53 Å². The van der Waals surface area contributed by atoms with Gasteiger partial charge in [-0.15, -0.1) is 0 Å². The number of carbonyl (C=O) groups excluding carboxylic acids is 1. The van der Waals surface area contributed by atoms with E-state index in [-0.39, 0.29) is 12.2 Å². The summed E-state index contributed by atoms with van der Waals surface area (Å²) < 4.78 is 5.33. The Bertz CT molecular complexity index is 414. The van der Waals surface area contributed by atoms with Crippen molar-refractivity contribution in [3.63, 3.8) is 0 Å².